The lowest BCUT2D eigenvalue weighted by Gasteiger charge is -2.22. The predicted octanol–water partition coefficient (Wildman–Crippen LogP) is 2.01. The van der Waals surface area contributed by atoms with Gasteiger partial charge in [0.05, 0.1) is 12.6 Å². The maximum Gasteiger partial charge on any atom is 0.238 e. The number of carbonyl (C=O) groups excluding carboxylic acids is 1. The molecule has 106 valence electrons. The third kappa shape index (κ3) is 7.59. The van der Waals surface area contributed by atoms with E-state index in [1.165, 1.54) is 0 Å². The van der Waals surface area contributed by atoms with Crippen LogP contribution in [0.2, 0.25) is 0 Å². The van der Waals surface area contributed by atoms with E-state index in [4.69, 9.17) is 0 Å². The van der Waals surface area contributed by atoms with Crippen LogP contribution < -0.4 is 10.6 Å². The van der Waals surface area contributed by atoms with E-state index in [1.54, 1.807) is 0 Å². The lowest BCUT2D eigenvalue weighted by Crippen LogP contribution is -2.35. The Morgan fingerprint density at radius 1 is 1.26 bits per heavy atom. The van der Waals surface area contributed by atoms with E-state index in [-0.39, 0.29) is 17.9 Å². The first-order chi connectivity index (χ1) is 8.87. The lowest BCUT2D eigenvalue weighted by atomic mass is 9.89. The van der Waals surface area contributed by atoms with Crippen LogP contribution in [0.4, 0.5) is 5.69 Å². The third-order valence-electron chi connectivity index (χ3n) is 2.57. The molecule has 0 heterocycles. The van der Waals surface area contributed by atoms with Gasteiger partial charge in [-0.25, -0.2) is 0 Å². The molecule has 1 aromatic rings. The van der Waals surface area contributed by atoms with E-state index in [1.807, 2.05) is 30.3 Å². The molecule has 0 aliphatic heterocycles. The van der Waals surface area contributed by atoms with Crippen molar-refractivity contribution < 1.29 is 9.90 Å². The van der Waals surface area contributed by atoms with Crippen molar-refractivity contribution in [2.24, 2.45) is 5.41 Å². The second kappa shape index (κ2) is 7.26. The SMILES string of the molecule is CC(C)(C)CC(O)CNCC(=O)Nc1ccccc1. The highest BCUT2D eigenvalue weighted by Gasteiger charge is 2.16. The molecule has 19 heavy (non-hydrogen) atoms. The molecule has 0 saturated carbocycles. The largest absolute Gasteiger partial charge is 0.392 e. The van der Waals surface area contributed by atoms with E-state index in [0.29, 0.717) is 13.0 Å². The van der Waals surface area contributed by atoms with Crippen molar-refractivity contribution >= 4 is 11.6 Å². The van der Waals surface area contributed by atoms with Gasteiger partial charge >= 0.3 is 0 Å². The van der Waals surface area contributed by atoms with Gasteiger partial charge in [0, 0.05) is 12.2 Å². The summed E-state index contributed by atoms with van der Waals surface area (Å²) in [5.74, 6) is -0.103. The van der Waals surface area contributed by atoms with Gasteiger partial charge in [-0.05, 0) is 24.0 Å². The predicted molar refractivity (Wildman–Crippen MR) is 78.0 cm³/mol. The van der Waals surface area contributed by atoms with Gasteiger partial charge in [-0.3, -0.25) is 4.79 Å². The molecule has 0 spiro atoms. The van der Waals surface area contributed by atoms with Crippen LogP contribution >= 0.6 is 0 Å². The standard InChI is InChI=1S/C15H24N2O2/c1-15(2,3)9-13(18)10-16-11-14(19)17-12-7-5-4-6-8-12/h4-8,13,16,18H,9-11H2,1-3H3,(H,17,19). The second-order valence-electron chi connectivity index (χ2n) is 5.96. The smallest absolute Gasteiger partial charge is 0.238 e. The molecule has 1 rings (SSSR count). The van der Waals surface area contributed by atoms with Gasteiger partial charge in [0.25, 0.3) is 0 Å². The molecule has 4 heteroatoms. The van der Waals surface area contributed by atoms with Crippen molar-refractivity contribution in [3.63, 3.8) is 0 Å². The van der Waals surface area contributed by atoms with Crippen molar-refractivity contribution in [2.45, 2.75) is 33.3 Å². The maximum atomic E-state index is 11.6. The Morgan fingerprint density at radius 3 is 2.47 bits per heavy atom. The quantitative estimate of drug-likeness (QED) is 0.736. The molecule has 1 unspecified atom stereocenters. The molecule has 0 aliphatic carbocycles. The highest BCUT2D eigenvalue weighted by atomic mass is 16.3. The molecule has 4 nitrogen and oxygen atoms in total. The monoisotopic (exact) mass is 264 g/mol. The zero-order chi connectivity index (χ0) is 14.3. The van der Waals surface area contributed by atoms with Crippen LogP contribution in [0.5, 0.6) is 0 Å². The van der Waals surface area contributed by atoms with Crippen LogP contribution in [0.25, 0.3) is 0 Å². The molecule has 3 N–H and O–H groups in total. The number of nitrogens with one attached hydrogen (secondary N) is 2. The van der Waals surface area contributed by atoms with Crippen LogP contribution in [0.15, 0.2) is 30.3 Å². The number of hydrogen-bond acceptors (Lipinski definition) is 3. The minimum atomic E-state index is -0.426. The molecule has 0 bridgehead atoms. The fraction of sp³-hybridized carbons (Fsp3) is 0.533. The van der Waals surface area contributed by atoms with Crippen molar-refractivity contribution in [1.29, 1.82) is 0 Å². The van der Waals surface area contributed by atoms with Gasteiger partial charge in [0.2, 0.25) is 5.91 Å². The molecule has 0 radical (unpaired) electrons. The van der Waals surface area contributed by atoms with Gasteiger partial charge in [-0.1, -0.05) is 39.0 Å². The first-order valence-corrected chi connectivity index (χ1v) is 6.60. The average Bonchev–Trinajstić information content (AvgIpc) is 2.27. The number of anilines is 1. The molecular formula is C15H24N2O2. The Labute approximate surface area is 115 Å². The second-order valence-corrected chi connectivity index (χ2v) is 5.96. The summed E-state index contributed by atoms with van der Waals surface area (Å²) in [7, 11) is 0. The molecule has 1 amide bonds. The molecule has 0 fully saturated rings. The number of carbonyl (C=O) groups is 1. The number of hydrogen-bond donors (Lipinski definition) is 3. The first kappa shape index (κ1) is 15.7. The third-order valence-corrected chi connectivity index (χ3v) is 2.57. The summed E-state index contributed by atoms with van der Waals surface area (Å²) in [5, 5.41) is 15.5. The van der Waals surface area contributed by atoms with Crippen LogP contribution in [-0.2, 0) is 4.79 Å². The van der Waals surface area contributed by atoms with Gasteiger partial charge in [-0.2, -0.15) is 0 Å². The Kier molecular flexibility index (Phi) is 5.99. The van der Waals surface area contributed by atoms with E-state index >= 15 is 0 Å². The highest BCUT2D eigenvalue weighted by molar-refractivity contribution is 5.92. The van der Waals surface area contributed by atoms with Crippen LogP contribution in [-0.4, -0.2) is 30.2 Å². The van der Waals surface area contributed by atoms with Gasteiger partial charge in [0.1, 0.15) is 0 Å². The van der Waals surface area contributed by atoms with E-state index in [0.717, 1.165) is 5.69 Å². The van der Waals surface area contributed by atoms with Crippen molar-refractivity contribution in [3.05, 3.63) is 30.3 Å². The van der Waals surface area contributed by atoms with Crippen molar-refractivity contribution in [3.8, 4) is 0 Å². The molecule has 0 aromatic heterocycles. The maximum absolute atomic E-state index is 11.6. The fourth-order valence-corrected chi connectivity index (χ4v) is 1.86. The summed E-state index contributed by atoms with van der Waals surface area (Å²) in [6.07, 6.45) is 0.282. The Balaban J connectivity index is 2.21. The van der Waals surface area contributed by atoms with E-state index < -0.39 is 6.10 Å². The molecule has 1 aromatic carbocycles. The fourth-order valence-electron chi connectivity index (χ4n) is 1.86. The molecule has 0 aliphatic rings. The minimum Gasteiger partial charge on any atom is -0.392 e. The zero-order valence-electron chi connectivity index (χ0n) is 11.9. The summed E-state index contributed by atoms with van der Waals surface area (Å²) < 4.78 is 0. The van der Waals surface area contributed by atoms with Gasteiger partial charge in [-0.15, -0.1) is 0 Å². The van der Waals surface area contributed by atoms with E-state index in [2.05, 4.69) is 31.4 Å². The van der Waals surface area contributed by atoms with Gasteiger partial charge in [0.15, 0.2) is 0 Å². The number of aliphatic hydroxyl groups excluding tert-OH is 1. The number of aliphatic hydroxyl groups is 1. The molecule has 1 atom stereocenters. The minimum absolute atomic E-state index is 0.0907. The summed E-state index contributed by atoms with van der Waals surface area (Å²) in [6, 6.07) is 9.32. The Morgan fingerprint density at radius 2 is 1.89 bits per heavy atom. The highest BCUT2D eigenvalue weighted by Crippen LogP contribution is 2.20. The van der Waals surface area contributed by atoms with Crippen molar-refractivity contribution in [1.82, 2.24) is 5.32 Å². The van der Waals surface area contributed by atoms with E-state index in [9.17, 15) is 9.90 Å². The van der Waals surface area contributed by atoms with Crippen LogP contribution in [0.3, 0.4) is 0 Å². The summed E-state index contributed by atoms with van der Waals surface area (Å²) in [4.78, 5) is 11.6. The Hall–Kier alpha value is -1.39. The first-order valence-electron chi connectivity index (χ1n) is 6.60. The molecular weight excluding hydrogens is 240 g/mol. The van der Waals surface area contributed by atoms with Crippen LogP contribution in [0, 0.1) is 5.41 Å². The van der Waals surface area contributed by atoms with Gasteiger partial charge < -0.3 is 15.7 Å². The van der Waals surface area contributed by atoms with Crippen molar-refractivity contribution in [2.75, 3.05) is 18.4 Å². The average molecular weight is 264 g/mol. The number of rotatable bonds is 6. The summed E-state index contributed by atoms with van der Waals surface area (Å²) in [5.41, 5.74) is 0.873. The normalized spacial score (nSPS) is 13.1. The summed E-state index contributed by atoms with van der Waals surface area (Å²) >= 11 is 0. The number of para-hydroxylation sites is 1. The van der Waals surface area contributed by atoms with Crippen LogP contribution in [0.1, 0.15) is 27.2 Å². The molecule has 0 saturated heterocycles. The lowest BCUT2D eigenvalue weighted by molar-refractivity contribution is -0.115. The Bertz CT molecular complexity index is 385. The topological polar surface area (TPSA) is 61.4 Å². The number of amides is 1. The zero-order valence-corrected chi connectivity index (χ0v) is 11.9. The number of benzene rings is 1. The summed E-state index contributed by atoms with van der Waals surface area (Å²) in [6.45, 7) is 6.88.